The van der Waals surface area contributed by atoms with Crippen molar-refractivity contribution >= 4 is 21.8 Å². The molecule has 0 radical (unpaired) electrons. The monoisotopic (exact) mass is 470 g/mol. The number of ether oxygens (including phenoxy) is 1. The summed E-state index contributed by atoms with van der Waals surface area (Å²) in [5.41, 5.74) is 1.00. The molecule has 0 atom stereocenters. The molecule has 2 amide bonds. The lowest BCUT2D eigenvalue weighted by atomic mass is 9.97. The maximum Gasteiger partial charge on any atom is 0.244 e. The quantitative estimate of drug-likeness (QED) is 0.600. The molecule has 0 aliphatic carbocycles. The van der Waals surface area contributed by atoms with Crippen LogP contribution in [0, 0.1) is 17.2 Å². The summed E-state index contributed by atoms with van der Waals surface area (Å²) >= 11 is 0. The van der Waals surface area contributed by atoms with Gasteiger partial charge in [0.1, 0.15) is 11.8 Å². The molecular formula is C23H26N4O5S. The number of piperidine rings is 1. The first kappa shape index (κ1) is 24.2. The van der Waals surface area contributed by atoms with Gasteiger partial charge in [-0.1, -0.05) is 24.3 Å². The van der Waals surface area contributed by atoms with Crippen molar-refractivity contribution in [3.8, 4) is 11.8 Å². The maximum atomic E-state index is 12.9. The highest BCUT2D eigenvalue weighted by Gasteiger charge is 2.33. The van der Waals surface area contributed by atoms with Gasteiger partial charge in [-0.2, -0.15) is 9.57 Å². The molecule has 0 spiro atoms. The fourth-order valence-corrected chi connectivity index (χ4v) is 5.21. The maximum absolute atomic E-state index is 12.9. The Bertz CT molecular complexity index is 1130. The zero-order valence-corrected chi connectivity index (χ0v) is 19.1. The van der Waals surface area contributed by atoms with Gasteiger partial charge in [-0.25, -0.2) is 8.42 Å². The number of nitriles is 1. The van der Waals surface area contributed by atoms with E-state index in [4.69, 9.17) is 4.74 Å². The van der Waals surface area contributed by atoms with Crippen LogP contribution in [-0.2, 0) is 26.2 Å². The molecule has 33 heavy (non-hydrogen) atoms. The second-order valence-corrected chi connectivity index (χ2v) is 9.54. The summed E-state index contributed by atoms with van der Waals surface area (Å²) in [5.74, 6) is -0.237. The van der Waals surface area contributed by atoms with E-state index in [2.05, 4.69) is 10.6 Å². The highest BCUT2D eigenvalue weighted by atomic mass is 32.2. The molecule has 0 saturated carbocycles. The number of benzene rings is 2. The molecular weight excluding hydrogens is 444 g/mol. The third-order valence-corrected chi connectivity index (χ3v) is 7.48. The summed E-state index contributed by atoms with van der Waals surface area (Å²) in [6.45, 7) is 0.524. The number of nitrogens with zero attached hydrogens (tertiary/aromatic N) is 2. The van der Waals surface area contributed by atoms with Crippen molar-refractivity contribution in [2.45, 2.75) is 24.3 Å². The smallest absolute Gasteiger partial charge is 0.244 e. The molecule has 10 heteroatoms. The van der Waals surface area contributed by atoms with Gasteiger partial charge in [0, 0.05) is 25.6 Å². The fraction of sp³-hybridized carbons (Fsp3) is 0.348. The second-order valence-electron chi connectivity index (χ2n) is 7.63. The minimum atomic E-state index is -3.81. The summed E-state index contributed by atoms with van der Waals surface area (Å²) in [7, 11) is -2.23. The van der Waals surface area contributed by atoms with Gasteiger partial charge in [0.15, 0.2) is 0 Å². The Hall–Kier alpha value is -3.42. The second kappa shape index (κ2) is 10.9. The number of carbonyl (C=O) groups is 2. The average molecular weight is 471 g/mol. The Labute approximate surface area is 193 Å². The topological polar surface area (TPSA) is 129 Å². The van der Waals surface area contributed by atoms with Gasteiger partial charge in [0.25, 0.3) is 0 Å². The van der Waals surface area contributed by atoms with Crippen molar-refractivity contribution in [3.63, 3.8) is 0 Å². The van der Waals surface area contributed by atoms with Crippen molar-refractivity contribution < 1.29 is 22.7 Å². The van der Waals surface area contributed by atoms with Gasteiger partial charge in [-0.05, 0) is 42.7 Å². The number of carbonyl (C=O) groups excluding carboxylic acids is 2. The first-order valence-electron chi connectivity index (χ1n) is 10.5. The Morgan fingerprint density at radius 2 is 1.76 bits per heavy atom. The van der Waals surface area contributed by atoms with Gasteiger partial charge in [0.2, 0.25) is 21.8 Å². The number of hydrogen-bond acceptors (Lipinski definition) is 6. The molecule has 2 aromatic carbocycles. The van der Waals surface area contributed by atoms with E-state index in [0.717, 1.165) is 11.3 Å². The van der Waals surface area contributed by atoms with Crippen molar-refractivity contribution in [1.82, 2.24) is 14.9 Å². The Kier molecular flexibility index (Phi) is 8.03. The van der Waals surface area contributed by atoms with E-state index in [1.807, 2.05) is 18.2 Å². The van der Waals surface area contributed by atoms with Crippen LogP contribution in [0.4, 0.5) is 0 Å². The molecule has 1 heterocycles. The summed E-state index contributed by atoms with van der Waals surface area (Å²) in [6, 6.07) is 15.3. The van der Waals surface area contributed by atoms with Crippen LogP contribution in [0.25, 0.3) is 0 Å². The van der Waals surface area contributed by atoms with Crippen LogP contribution in [0.15, 0.2) is 53.4 Å². The molecule has 0 bridgehead atoms. The highest BCUT2D eigenvalue weighted by molar-refractivity contribution is 7.89. The molecule has 1 aliphatic rings. The molecule has 9 nitrogen and oxygen atoms in total. The average Bonchev–Trinajstić information content (AvgIpc) is 2.86. The van der Waals surface area contributed by atoms with E-state index in [9.17, 15) is 23.3 Å². The third-order valence-electron chi connectivity index (χ3n) is 5.52. The van der Waals surface area contributed by atoms with Crippen molar-refractivity contribution in [3.05, 3.63) is 59.7 Å². The third kappa shape index (κ3) is 6.09. The minimum Gasteiger partial charge on any atom is -0.497 e. The Morgan fingerprint density at radius 3 is 2.39 bits per heavy atom. The van der Waals surface area contributed by atoms with E-state index in [1.54, 1.807) is 31.4 Å². The molecule has 3 rings (SSSR count). The largest absolute Gasteiger partial charge is 0.497 e. The first-order valence-corrected chi connectivity index (χ1v) is 12.0. The van der Waals surface area contributed by atoms with E-state index in [1.165, 1.54) is 16.4 Å². The van der Waals surface area contributed by atoms with Gasteiger partial charge in [0.05, 0.1) is 24.1 Å². The highest BCUT2D eigenvalue weighted by Crippen LogP contribution is 2.25. The first-order chi connectivity index (χ1) is 15.8. The zero-order chi connectivity index (χ0) is 23.8. The lowest BCUT2D eigenvalue weighted by Gasteiger charge is -2.30. The number of rotatable bonds is 8. The number of sulfonamides is 1. The lowest BCUT2D eigenvalue weighted by molar-refractivity contribution is -0.129. The van der Waals surface area contributed by atoms with Gasteiger partial charge in [-0.3, -0.25) is 9.59 Å². The molecule has 0 aromatic heterocycles. The van der Waals surface area contributed by atoms with Crippen molar-refractivity contribution in [2.24, 2.45) is 5.92 Å². The van der Waals surface area contributed by atoms with E-state index in [0.29, 0.717) is 19.4 Å². The molecule has 2 aromatic rings. The van der Waals surface area contributed by atoms with Crippen LogP contribution < -0.4 is 15.4 Å². The van der Waals surface area contributed by atoms with Crippen LogP contribution in [0.2, 0.25) is 0 Å². The number of hydrogen-bond donors (Lipinski definition) is 2. The van der Waals surface area contributed by atoms with E-state index in [-0.39, 0.29) is 47.8 Å². The summed E-state index contributed by atoms with van der Waals surface area (Å²) in [5, 5.41) is 14.6. The van der Waals surface area contributed by atoms with Crippen LogP contribution >= 0.6 is 0 Å². The molecule has 0 unspecified atom stereocenters. The number of nitrogens with one attached hydrogen (secondary N) is 2. The summed E-state index contributed by atoms with van der Waals surface area (Å²) in [4.78, 5) is 24.5. The predicted molar refractivity (Wildman–Crippen MR) is 120 cm³/mol. The van der Waals surface area contributed by atoms with Crippen molar-refractivity contribution in [1.29, 1.82) is 5.26 Å². The zero-order valence-electron chi connectivity index (χ0n) is 18.3. The lowest BCUT2D eigenvalue weighted by Crippen LogP contribution is -2.45. The normalized spacial score (nSPS) is 14.8. The Balaban J connectivity index is 1.45. The molecule has 1 aliphatic heterocycles. The van der Waals surface area contributed by atoms with Crippen LogP contribution in [0.5, 0.6) is 5.75 Å². The summed E-state index contributed by atoms with van der Waals surface area (Å²) < 4.78 is 32.2. The Morgan fingerprint density at radius 1 is 1.09 bits per heavy atom. The number of amides is 2. The summed E-state index contributed by atoms with van der Waals surface area (Å²) in [6.07, 6.45) is 0.681. The standard InChI is InChI=1S/C23H26N4O5S/c1-32-20-8-6-17(7-9-20)15-25-22(28)16-26-23(29)18-10-12-27(13-11-18)33(30,31)21-5-3-2-4-19(21)14-24/h2-9,18H,10-13,15-16H2,1H3,(H,25,28)(H,26,29). The van der Waals surface area contributed by atoms with Crippen LogP contribution in [-0.4, -0.2) is 51.3 Å². The van der Waals surface area contributed by atoms with Gasteiger partial charge >= 0.3 is 0 Å². The molecule has 1 saturated heterocycles. The fourth-order valence-electron chi connectivity index (χ4n) is 3.60. The number of methoxy groups -OCH3 is 1. The van der Waals surface area contributed by atoms with Crippen molar-refractivity contribution in [2.75, 3.05) is 26.7 Å². The van der Waals surface area contributed by atoms with E-state index < -0.39 is 10.0 Å². The van der Waals surface area contributed by atoms with Crippen LogP contribution in [0.1, 0.15) is 24.0 Å². The minimum absolute atomic E-state index is 0.0241. The SMILES string of the molecule is COc1ccc(CNC(=O)CNC(=O)C2CCN(S(=O)(=O)c3ccccc3C#N)CC2)cc1. The predicted octanol–water partition coefficient (Wildman–Crippen LogP) is 1.40. The molecule has 174 valence electrons. The van der Waals surface area contributed by atoms with Gasteiger partial charge < -0.3 is 15.4 Å². The molecule has 1 fully saturated rings. The van der Waals surface area contributed by atoms with Crippen LogP contribution in [0.3, 0.4) is 0 Å². The molecule has 2 N–H and O–H groups in total. The van der Waals surface area contributed by atoms with Gasteiger partial charge in [-0.15, -0.1) is 0 Å². The van der Waals surface area contributed by atoms with E-state index >= 15 is 0 Å².